The molecule has 0 radical (unpaired) electrons. The maximum absolute atomic E-state index is 12.8. The van der Waals surface area contributed by atoms with Gasteiger partial charge in [-0.3, -0.25) is 9.59 Å². The number of rotatable bonds is 8. The van der Waals surface area contributed by atoms with Crippen LogP contribution in [0.3, 0.4) is 0 Å². The number of carboxylic acid groups (broad SMARTS) is 2. The molecule has 0 saturated carbocycles. The Morgan fingerprint density at radius 1 is 1.16 bits per heavy atom. The minimum atomic E-state index is -4.27. The quantitative estimate of drug-likeness (QED) is 0.643. The van der Waals surface area contributed by atoms with E-state index >= 15 is 0 Å². The van der Waals surface area contributed by atoms with Gasteiger partial charge < -0.3 is 14.9 Å². The van der Waals surface area contributed by atoms with E-state index in [0.717, 1.165) is 0 Å². The summed E-state index contributed by atoms with van der Waals surface area (Å²) in [7, 11) is -2.96. The van der Waals surface area contributed by atoms with Gasteiger partial charge in [0.25, 0.3) is 0 Å². The number of aliphatic carboxylic acids is 2. The standard InChI is InChI=1S/C16H17NO7S/c1-24-13-8-6-10-4-2-3-5-11(10)15(13)25(22,23)17-12(16(20)21)7-9-14(18)19/h2-6,8,12,17H,7,9H2,1H3,(H,18,19)(H,20,21). The van der Waals surface area contributed by atoms with Crippen molar-refractivity contribution in [2.75, 3.05) is 7.11 Å². The highest BCUT2D eigenvalue weighted by Gasteiger charge is 2.29. The van der Waals surface area contributed by atoms with Crippen LogP contribution in [-0.4, -0.2) is 43.7 Å². The maximum atomic E-state index is 12.8. The Morgan fingerprint density at radius 2 is 1.84 bits per heavy atom. The summed E-state index contributed by atoms with van der Waals surface area (Å²) >= 11 is 0. The summed E-state index contributed by atoms with van der Waals surface area (Å²) in [5, 5.41) is 18.9. The summed E-state index contributed by atoms with van der Waals surface area (Å²) in [5.41, 5.74) is 0. The molecule has 2 aromatic carbocycles. The molecule has 1 unspecified atom stereocenters. The minimum absolute atomic E-state index is 0.0635. The predicted octanol–water partition coefficient (Wildman–Crippen LogP) is 1.44. The number of nitrogens with one attached hydrogen (secondary N) is 1. The second-order valence-electron chi connectivity index (χ2n) is 5.26. The van der Waals surface area contributed by atoms with E-state index in [2.05, 4.69) is 4.72 Å². The normalized spacial score (nSPS) is 12.7. The van der Waals surface area contributed by atoms with E-state index in [1.54, 1.807) is 30.3 Å². The van der Waals surface area contributed by atoms with Gasteiger partial charge in [0.15, 0.2) is 0 Å². The van der Waals surface area contributed by atoms with Gasteiger partial charge in [-0.05, 0) is 17.9 Å². The fraction of sp³-hybridized carbons (Fsp3) is 0.250. The second kappa shape index (κ2) is 7.49. The van der Waals surface area contributed by atoms with Crippen molar-refractivity contribution < 1.29 is 33.0 Å². The highest BCUT2D eigenvalue weighted by molar-refractivity contribution is 7.89. The van der Waals surface area contributed by atoms with Crippen LogP contribution >= 0.6 is 0 Å². The largest absolute Gasteiger partial charge is 0.495 e. The lowest BCUT2D eigenvalue weighted by Crippen LogP contribution is -2.41. The van der Waals surface area contributed by atoms with Crippen LogP contribution in [0.15, 0.2) is 41.3 Å². The first kappa shape index (κ1) is 18.7. The molecular weight excluding hydrogens is 350 g/mol. The molecule has 0 aliphatic heterocycles. The van der Waals surface area contributed by atoms with Gasteiger partial charge in [0.1, 0.15) is 16.7 Å². The summed E-state index contributed by atoms with van der Waals surface area (Å²) in [5.74, 6) is -2.61. The Balaban J connectivity index is 2.49. The molecule has 134 valence electrons. The lowest BCUT2D eigenvalue weighted by molar-refractivity contribution is -0.140. The van der Waals surface area contributed by atoms with Crippen molar-refractivity contribution in [3.8, 4) is 5.75 Å². The highest BCUT2D eigenvalue weighted by atomic mass is 32.2. The zero-order valence-corrected chi connectivity index (χ0v) is 14.1. The van der Waals surface area contributed by atoms with Crippen molar-refractivity contribution in [1.82, 2.24) is 4.72 Å². The number of fused-ring (bicyclic) bond motifs is 1. The predicted molar refractivity (Wildman–Crippen MR) is 89.1 cm³/mol. The molecular formula is C16H17NO7S. The molecule has 25 heavy (non-hydrogen) atoms. The van der Waals surface area contributed by atoms with E-state index in [1.165, 1.54) is 13.2 Å². The zero-order chi connectivity index (χ0) is 18.6. The van der Waals surface area contributed by atoms with Gasteiger partial charge in [-0.1, -0.05) is 30.3 Å². The molecule has 0 fully saturated rings. The summed E-state index contributed by atoms with van der Waals surface area (Å²) in [4.78, 5) is 21.7. The Hall–Kier alpha value is -2.65. The Morgan fingerprint density at radius 3 is 2.44 bits per heavy atom. The lowest BCUT2D eigenvalue weighted by Gasteiger charge is -2.17. The van der Waals surface area contributed by atoms with E-state index in [9.17, 15) is 23.1 Å². The van der Waals surface area contributed by atoms with E-state index < -0.39 is 34.4 Å². The van der Waals surface area contributed by atoms with Crippen LogP contribution < -0.4 is 9.46 Å². The third-order valence-corrected chi connectivity index (χ3v) is 5.13. The number of methoxy groups -OCH3 is 1. The number of sulfonamides is 1. The van der Waals surface area contributed by atoms with Crippen molar-refractivity contribution in [1.29, 1.82) is 0 Å². The van der Waals surface area contributed by atoms with Crippen LogP contribution in [0.2, 0.25) is 0 Å². The average molecular weight is 367 g/mol. The van der Waals surface area contributed by atoms with Gasteiger partial charge in [0.2, 0.25) is 10.0 Å². The third-order valence-electron chi connectivity index (χ3n) is 3.57. The van der Waals surface area contributed by atoms with E-state index in [1.807, 2.05) is 0 Å². The summed E-state index contributed by atoms with van der Waals surface area (Å²) in [6.07, 6.45) is -0.858. The van der Waals surface area contributed by atoms with Crippen LogP contribution in [0.5, 0.6) is 5.75 Å². The van der Waals surface area contributed by atoms with Crippen LogP contribution in [0.25, 0.3) is 10.8 Å². The molecule has 0 aliphatic carbocycles. The first-order valence-electron chi connectivity index (χ1n) is 7.29. The lowest BCUT2D eigenvalue weighted by atomic mass is 10.1. The van der Waals surface area contributed by atoms with Crippen LogP contribution in [0.1, 0.15) is 12.8 Å². The summed E-state index contributed by atoms with van der Waals surface area (Å²) < 4.78 is 32.7. The monoisotopic (exact) mass is 367 g/mol. The van der Waals surface area contributed by atoms with Crippen molar-refractivity contribution in [2.45, 2.75) is 23.8 Å². The maximum Gasteiger partial charge on any atom is 0.321 e. The number of carboxylic acids is 2. The third kappa shape index (κ3) is 4.25. The Bertz CT molecular complexity index is 908. The highest BCUT2D eigenvalue weighted by Crippen LogP contribution is 2.32. The fourth-order valence-electron chi connectivity index (χ4n) is 2.41. The first-order valence-corrected chi connectivity index (χ1v) is 8.77. The number of benzene rings is 2. The van der Waals surface area contributed by atoms with Gasteiger partial charge in [-0.15, -0.1) is 0 Å². The zero-order valence-electron chi connectivity index (χ0n) is 13.3. The van der Waals surface area contributed by atoms with Crippen LogP contribution in [0, 0.1) is 0 Å². The van der Waals surface area contributed by atoms with Crippen molar-refractivity contribution in [2.24, 2.45) is 0 Å². The second-order valence-corrected chi connectivity index (χ2v) is 6.91. The molecule has 0 spiro atoms. The fourth-order valence-corrected chi connectivity index (χ4v) is 4.01. The van der Waals surface area contributed by atoms with Crippen molar-refractivity contribution >= 4 is 32.7 Å². The van der Waals surface area contributed by atoms with Gasteiger partial charge in [-0.2, -0.15) is 4.72 Å². The topological polar surface area (TPSA) is 130 Å². The van der Waals surface area contributed by atoms with Gasteiger partial charge in [0, 0.05) is 11.8 Å². The SMILES string of the molecule is COc1ccc2ccccc2c1S(=O)(=O)NC(CCC(=O)O)C(=O)O. The molecule has 9 heteroatoms. The minimum Gasteiger partial charge on any atom is -0.495 e. The molecule has 0 saturated heterocycles. The molecule has 0 heterocycles. The number of ether oxygens (including phenoxy) is 1. The molecule has 0 aromatic heterocycles. The molecule has 0 bridgehead atoms. The smallest absolute Gasteiger partial charge is 0.321 e. The van der Waals surface area contributed by atoms with Crippen LogP contribution in [0.4, 0.5) is 0 Å². The van der Waals surface area contributed by atoms with Crippen molar-refractivity contribution in [3.05, 3.63) is 36.4 Å². The van der Waals surface area contributed by atoms with E-state index in [4.69, 9.17) is 9.84 Å². The molecule has 0 amide bonds. The van der Waals surface area contributed by atoms with Gasteiger partial charge in [-0.25, -0.2) is 8.42 Å². The van der Waals surface area contributed by atoms with E-state index in [0.29, 0.717) is 10.8 Å². The summed E-state index contributed by atoms with van der Waals surface area (Å²) in [6, 6.07) is 8.29. The number of hydrogen-bond acceptors (Lipinski definition) is 5. The van der Waals surface area contributed by atoms with E-state index in [-0.39, 0.29) is 17.1 Å². The molecule has 8 nitrogen and oxygen atoms in total. The molecule has 2 aromatic rings. The van der Waals surface area contributed by atoms with Crippen LogP contribution in [-0.2, 0) is 19.6 Å². The summed E-state index contributed by atoms with van der Waals surface area (Å²) in [6.45, 7) is 0. The Labute approximate surface area is 144 Å². The number of hydrogen-bond donors (Lipinski definition) is 3. The molecule has 0 aliphatic rings. The Kier molecular flexibility index (Phi) is 5.60. The van der Waals surface area contributed by atoms with Gasteiger partial charge in [0.05, 0.1) is 7.11 Å². The average Bonchev–Trinajstić information content (AvgIpc) is 2.56. The van der Waals surface area contributed by atoms with Gasteiger partial charge >= 0.3 is 11.9 Å². The first-order chi connectivity index (χ1) is 11.8. The van der Waals surface area contributed by atoms with Crippen molar-refractivity contribution in [3.63, 3.8) is 0 Å². The molecule has 1 atom stereocenters. The number of carbonyl (C=O) groups is 2. The molecule has 2 rings (SSSR count). The molecule has 3 N–H and O–H groups in total.